The number of benzene rings is 1. The van der Waals surface area contributed by atoms with Crippen molar-refractivity contribution in [1.82, 2.24) is 5.32 Å². The Morgan fingerprint density at radius 1 is 1.30 bits per heavy atom. The third-order valence-corrected chi connectivity index (χ3v) is 4.46. The van der Waals surface area contributed by atoms with Crippen LogP contribution in [-0.2, 0) is 4.79 Å². The maximum Gasteiger partial charge on any atom is 0.228 e. The van der Waals surface area contributed by atoms with E-state index in [1.165, 1.54) is 18.4 Å². The van der Waals surface area contributed by atoms with Gasteiger partial charge in [0.05, 0.1) is 0 Å². The van der Waals surface area contributed by atoms with Crippen LogP contribution in [0.1, 0.15) is 37.3 Å². The maximum absolute atomic E-state index is 12.1. The Morgan fingerprint density at radius 3 is 2.95 bits per heavy atom. The summed E-state index contributed by atoms with van der Waals surface area (Å²) < 4.78 is 0. The largest absolute Gasteiger partial charge is 0.315 e. The molecule has 0 bridgehead atoms. The summed E-state index contributed by atoms with van der Waals surface area (Å²) in [6, 6.07) is 8.39. The first-order chi connectivity index (χ1) is 9.75. The fourth-order valence-electron chi connectivity index (χ4n) is 3.18. The Bertz CT molecular complexity index is 523. The van der Waals surface area contributed by atoms with E-state index in [1.54, 1.807) is 4.90 Å². The highest BCUT2D eigenvalue weighted by atomic mass is 16.2. The van der Waals surface area contributed by atoms with Gasteiger partial charge in [0.1, 0.15) is 0 Å². The molecule has 0 saturated carbocycles. The lowest BCUT2D eigenvalue weighted by atomic mass is 9.92. The summed E-state index contributed by atoms with van der Waals surface area (Å²) >= 11 is 0. The van der Waals surface area contributed by atoms with E-state index in [0.717, 1.165) is 18.7 Å². The highest BCUT2D eigenvalue weighted by Crippen LogP contribution is 2.33. The van der Waals surface area contributed by atoms with Crippen LogP contribution in [0.15, 0.2) is 36.4 Å². The summed E-state index contributed by atoms with van der Waals surface area (Å²) in [4.78, 5) is 13.9. The second-order valence-corrected chi connectivity index (χ2v) is 5.83. The number of hydrogen-bond acceptors (Lipinski definition) is 2. The zero-order valence-corrected chi connectivity index (χ0v) is 12.0. The maximum atomic E-state index is 12.1. The molecule has 0 aromatic heterocycles. The molecule has 0 radical (unpaired) electrons. The van der Waals surface area contributed by atoms with Gasteiger partial charge in [-0.15, -0.1) is 0 Å². The van der Waals surface area contributed by atoms with Gasteiger partial charge >= 0.3 is 0 Å². The summed E-state index contributed by atoms with van der Waals surface area (Å²) in [5.74, 6) is 0.909. The Kier molecular flexibility index (Phi) is 3.88. The number of nitrogens with zero attached hydrogens (tertiary/aromatic N) is 1. The molecule has 2 aliphatic rings. The number of anilines is 1. The van der Waals surface area contributed by atoms with Gasteiger partial charge in [-0.2, -0.15) is 0 Å². The van der Waals surface area contributed by atoms with Crippen LogP contribution in [0.4, 0.5) is 5.69 Å². The van der Waals surface area contributed by atoms with Gasteiger partial charge in [0.25, 0.3) is 0 Å². The molecular formula is C17H22N2O. The summed E-state index contributed by atoms with van der Waals surface area (Å²) in [6.45, 7) is 1.00. The summed E-state index contributed by atoms with van der Waals surface area (Å²) in [7, 11) is 1.86. The van der Waals surface area contributed by atoms with E-state index in [0.29, 0.717) is 12.3 Å². The van der Waals surface area contributed by atoms with Gasteiger partial charge in [0.2, 0.25) is 5.91 Å². The van der Waals surface area contributed by atoms with E-state index in [4.69, 9.17) is 0 Å². The average molecular weight is 270 g/mol. The number of carbonyl (C=O) groups excluding carboxylic acids is 1. The molecule has 0 saturated heterocycles. The smallest absolute Gasteiger partial charge is 0.228 e. The fourth-order valence-corrected chi connectivity index (χ4v) is 3.18. The normalized spacial score (nSPS) is 25.6. The molecule has 1 aromatic carbocycles. The lowest BCUT2D eigenvalue weighted by Crippen LogP contribution is -2.39. The van der Waals surface area contributed by atoms with Crippen LogP contribution in [0.25, 0.3) is 0 Å². The molecule has 1 heterocycles. The minimum absolute atomic E-state index is 0.167. The minimum atomic E-state index is 0.167. The molecule has 1 aliphatic carbocycles. The van der Waals surface area contributed by atoms with Crippen molar-refractivity contribution < 1.29 is 4.79 Å². The van der Waals surface area contributed by atoms with Crippen LogP contribution in [0, 0.1) is 5.92 Å². The van der Waals surface area contributed by atoms with Crippen molar-refractivity contribution in [3.05, 3.63) is 42.0 Å². The van der Waals surface area contributed by atoms with Crippen LogP contribution < -0.4 is 10.2 Å². The van der Waals surface area contributed by atoms with E-state index in [-0.39, 0.29) is 11.9 Å². The Morgan fingerprint density at radius 2 is 2.15 bits per heavy atom. The van der Waals surface area contributed by atoms with Crippen LogP contribution >= 0.6 is 0 Å². The van der Waals surface area contributed by atoms with Crippen molar-refractivity contribution in [3.8, 4) is 0 Å². The van der Waals surface area contributed by atoms with Crippen molar-refractivity contribution in [1.29, 1.82) is 0 Å². The van der Waals surface area contributed by atoms with Gasteiger partial charge in [-0.25, -0.2) is 0 Å². The first-order valence-electron chi connectivity index (χ1n) is 7.49. The first-order valence-corrected chi connectivity index (χ1v) is 7.49. The number of para-hydroxylation sites is 1. The van der Waals surface area contributed by atoms with Crippen molar-refractivity contribution in [2.45, 2.75) is 31.7 Å². The van der Waals surface area contributed by atoms with Crippen LogP contribution in [0.2, 0.25) is 0 Å². The predicted molar refractivity (Wildman–Crippen MR) is 81.7 cm³/mol. The molecule has 3 heteroatoms. The van der Waals surface area contributed by atoms with Gasteiger partial charge < -0.3 is 10.2 Å². The molecule has 2 unspecified atom stereocenters. The summed E-state index contributed by atoms with van der Waals surface area (Å²) in [5, 5.41) is 3.62. The van der Waals surface area contributed by atoms with E-state index < -0.39 is 0 Å². The third-order valence-electron chi connectivity index (χ3n) is 4.46. The molecule has 1 amide bonds. The Hall–Kier alpha value is -1.61. The zero-order chi connectivity index (χ0) is 13.9. The van der Waals surface area contributed by atoms with Gasteiger partial charge in [0, 0.05) is 25.2 Å². The van der Waals surface area contributed by atoms with Crippen molar-refractivity contribution in [3.63, 3.8) is 0 Å². The SMILES string of the molecule is CN1C(=O)CC(NCC2CC=CCC2)c2ccccc21. The van der Waals surface area contributed by atoms with E-state index >= 15 is 0 Å². The van der Waals surface area contributed by atoms with Gasteiger partial charge in [-0.05, 0) is 43.4 Å². The minimum Gasteiger partial charge on any atom is -0.315 e. The Balaban J connectivity index is 1.71. The monoisotopic (exact) mass is 270 g/mol. The topological polar surface area (TPSA) is 32.3 Å². The van der Waals surface area contributed by atoms with Gasteiger partial charge in [0.15, 0.2) is 0 Å². The van der Waals surface area contributed by atoms with Crippen molar-refractivity contribution >= 4 is 11.6 Å². The second kappa shape index (κ2) is 5.80. The highest BCUT2D eigenvalue weighted by molar-refractivity contribution is 5.96. The summed E-state index contributed by atoms with van der Waals surface area (Å²) in [5.41, 5.74) is 2.30. The number of rotatable bonds is 3. The number of nitrogens with one attached hydrogen (secondary N) is 1. The molecule has 1 aromatic rings. The van der Waals surface area contributed by atoms with Crippen LogP contribution in [0.5, 0.6) is 0 Å². The zero-order valence-electron chi connectivity index (χ0n) is 12.0. The molecule has 0 spiro atoms. The fraction of sp³-hybridized carbons (Fsp3) is 0.471. The van der Waals surface area contributed by atoms with E-state index in [9.17, 15) is 4.79 Å². The molecule has 2 atom stereocenters. The lowest BCUT2D eigenvalue weighted by Gasteiger charge is -2.33. The van der Waals surface area contributed by atoms with Crippen molar-refractivity contribution in [2.75, 3.05) is 18.5 Å². The second-order valence-electron chi connectivity index (χ2n) is 5.83. The quantitative estimate of drug-likeness (QED) is 0.856. The molecule has 106 valence electrons. The first kappa shape index (κ1) is 13.4. The molecule has 20 heavy (non-hydrogen) atoms. The van der Waals surface area contributed by atoms with E-state index in [2.05, 4.69) is 29.6 Å². The van der Waals surface area contributed by atoms with Crippen LogP contribution in [0.3, 0.4) is 0 Å². The molecular weight excluding hydrogens is 248 g/mol. The van der Waals surface area contributed by atoms with Crippen LogP contribution in [-0.4, -0.2) is 19.5 Å². The number of amides is 1. The highest BCUT2D eigenvalue weighted by Gasteiger charge is 2.28. The van der Waals surface area contributed by atoms with Gasteiger partial charge in [-0.3, -0.25) is 4.79 Å². The number of allylic oxidation sites excluding steroid dienone is 2. The molecule has 1 aliphatic heterocycles. The van der Waals surface area contributed by atoms with Crippen molar-refractivity contribution in [2.24, 2.45) is 5.92 Å². The lowest BCUT2D eigenvalue weighted by molar-refractivity contribution is -0.119. The van der Waals surface area contributed by atoms with Gasteiger partial charge in [-0.1, -0.05) is 30.4 Å². The molecule has 3 rings (SSSR count). The molecule has 0 fully saturated rings. The third kappa shape index (κ3) is 2.63. The molecule has 1 N–H and O–H groups in total. The number of carbonyl (C=O) groups is 1. The molecule has 3 nitrogen and oxygen atoms in total. The number of hydrogen-bond donors (Lipinski definition) is 1. The Labute approximate surface area is 120 Å². The standard InChI is InChI=1S/C17H22N2O/c1-19-16-10-6-5-9-14(16)15(11-17(19)20)18-12-13-7-3-2-4-8-13/h2-3,5-6,9-10,13,15,18H,4,7-8,11-12H2,1H3. The average Bonchev–Trinajstić information content (AvgIpc) is 2.50. The number of fused-ring (bicyclic) bond motifs is 1. The predicted octanol–water partition coefficient (Wildman–Crippen LogP) is 3.04. The van der Waals surface area contributed by atoms with E-state index in [1.807, 2.05) is 19.2 Å². The summed E-state index contributed by atoms with van der Waals surface area (Å²) in [6.07, 6.45) is 8.72.